The highest BCUT2D eigenvalue weighted by molar-refractivity contribution is 8.77. The Bertz CT molecular complexity index is 1480. The second-order valence-corrected chi connectivity index (χ2v) is 14.7. The van der Waals surface area contributed by atoms with Crippen LogP contribution in [0.3, 0.4) is 0 Å². The zero-order chi connectivity index (χ0) is 30.4. The fourth-order valence-corrected chi connectivity index (χ4v) is 7.76. The van der Waals surface area contributed by atoms with Gasteiger partial charge < -0.3 is 19.5 Å². The first-order valence-electron chi connectivity index (χ1n) is 12.1. The fourth-order valence-electron chi connectivity index (χ4n) is 3.68. The minimum atomic E-state index is -1.93. The molecule has 0 saturated carbocycles. The first-order valence-corrected chi connectivity index (χ1v) is 16.2. The molecule has 1 aliphatic rings. The molecule has 1 N–H and O–H groups in total. The van der Waals surface area contributed by atoms with E-state index in [4.69, 9.17) is 49.0 Å². The number of alkyl halides is 3. The first-order chi connectivity index (χ1) is 19.9. The van der Waals surface area contributed by atoms with Gasteiger partial charge in [-0.15, -0.1) is 11.3 Å². The highest BCUT2D eigenvalue weighted by Crippen LogP contribution is 2.46. The number of carbonyl (C=O) groups is 4. The summed E-state index contributed by atoms with van der Waals surface area (Å²) in [6.07, 6.45) is 0. The predicted octanol–water partition coefficient (Wildman–Crippen LogP) is 5.48. The van der Waals surface area contributed by atoms with Crippen molar-refractivity contribution in [1.29, 1.82) is 0 Å². The molecule has 1 saturated heterocycles. The number of rotatable bonds is 11. The van der Waals surface area contributed by atoms with Crippen molar-refractivity contribution >= 4 is 102 Å². The van der Waals surface area contributed by atoms with Crippen LogP contribution in [0, 0.1) is 0 Å². The van der Waals surface area contributed by atoms with Gasteiger partial charge in [0.25, 0.3) is 11.8 Å². The number of benzene rings is 2. The fraction of sp³-hybridized carbons (Fsp3) is 0.269. The van der Waals surface area contributed by atoms with E-state index in [0.717, 1.165) is 22.0 Å². The molecular formula is C26H22Cl3N3O7S3. The van der Waals surface area contributed by atoms with E-state index in [1.807, 2.05) is 24.3 Å². The van der Waals surface area contributed by atoms with E-state index < -0.39 is 45.6 Å². The number of amides is 2. The molecule has 2 heterocycles. The standard InChI is InChI=1S/C26H22Cl3N3O7S3/c1-14(39-15(2)33)21(24(36)38-13-26(27,28)29)32-22(35)20(31-19(34)12-37-16-8-4-3-5-9-16)23(32)41-42-25-30-17-10-6-7-11-18(17)40-25/h3-11,20,23H,12-13H2,1-2H3,(H,31,34)/b21-14-. The molecule has 0 bridgehead atoms. The average Bonchev–Trinajstić information content (AvgIpc) is 3.36. The van der Waals surface area contributed by atoms with Gasteiger partial charge in [-0.2, -0.15) is 0 Å². The number of carbonyl (C=O) groups excluding carboxylic acids is 4. The molecule has 222 valence electrons. The number of nitrogens with zero attached hydrogens (tertiary/aromatic N) is 2. The largest absolute Gasteiger partial charge is 0.484 e. The predicted molar refractivity (Wildman–Crippen MR) is 163 cm³/mol. The Morgan fingerprint density at radius 2 is 1.76 bits per heavy atom. The number of β-lactam (4-membered cyclic amide) rings is 1. The Kier molecular flexibility index (Phi) is 10.9. The molecule has 10 nitrogen and oxygen atoms in total. The van der Waals surface area contributed by atoms with Crippen LogP contribution in [0.1, 0.15) is 13.8 Å². The summed E-state index contributed by atoms with van der Waals surface area (Å²) < 4.78 is 15.5. The van der Waals surface area contributed by atoms with Gasteiger partial charge >= 0.3 is 11.9 Å². The van der Waals surface area contributed by atoms with Crippen LogP contribution in [-0.4, -0.2) is 62.1 Å². The van der Waals surface area contributed by atoms with Gasteiger partial charge in [-0.05, 0) is 42.0 Å². The molecule has 42 heavy (non-hydrogen) atoms. The lowest BCUT2D eigenvalue weighted by atomic mass is 10.1. The Morgan fingerprint density at radius 3 is 2.43 bits per heavy atom. The van der Waals surface area contributed by atoms with Crippen LogP contribution in [0.25, 0.3) is 10.2 Å². The number of nitrogens with one attached hydrogen (secondary N) is 1. The third-order valence-corrected chi connectivity index (χ3v) is 9.74. The molecule has 3 aromatic rings. The topological polar surface area (TPSA) is 124 Å². The van der Waals surface area contributed by atoms with E-state index >= 15 is 0 Å². The summed E-state index contributed by atoms with van der Waals surface area (Å²) in [4.78, 5) is 56.7. The average molecular weight is 691 g/mol. The number of thiazole rings is 1. The molecular weight excluding hydrogens is 669 g/mol. The van der Waals surface area contributed by atoms with Gasteiger partial charge in [-0.1, -0.05) is 75.9 Å². The van der Waals surface area contributed by atoms with E-state index in [1.54, 1.807) is 30.3 Å². The summed E-state index contributed by atoms with van der Waals surface area (Å²) in [5.74, 6) is -2.75. The quantitative estimate of drug-likeness (QED) is 0.0691. The number of aromatic nitrogens is 1. The normalized spacial score (nSPS) is 17.3. The molecule has 2 atom stereocenters. The van der Waals surface area contributed by atoms with Crippen molar-refractivity contribution in [3.63, 3.8) is 0 Å². The van der Waals surface area contributed by atoms with Crippen LogP contribution < -0.4 is 10.1 Å². The molecule has 1 aromatic heterocycles. The summed E-state index contributed by atoms with van der Waals surface area (Å²) in [5.41, 5.74) is 0.425. The Balaban J connectivity index is 1.58. The number of para-hydroxylation sites is 2. The third kappa shape index (κ3) is 8.45. The van der Waals surface area contributed by atoms with E-state index in [2.05, 4.69) is 10.3 Å². The minimum absolute atomic E-state index is 0.210. The van der Waals surface area contributed by atoms with Crippen LogP contribution in [-0.2, 0) is 28.7 Å². The molecule has 1 aliphatic heterocycles. The van der Waals surface area contributed by atoms with Gasteiger partial charge in [0.05, 0.1) is 10.2 Å². The molecule has 2 unspecified atom stereocenters. The highest BCUT2D eigenvalue weighted by Gasteiger charge is 2.53. The summed E-state index contributed by atoms with van der Waals surface area (Å²) in [6.45, 7) is 1.47. The Labute approximate surface area is 267 Å². The van der Waals surface area contributed by atoms with Crippen LogP contribution >= 0.6 is 67.7 Å². The highest BCUT2D eigenvalue weighted by atomic mass is 35.6. The van der Waals surface area contributed by atoms with Crippen molar-refractivity contribution in [3.8, 4) is 5.75 Å². The summed E-state index contributed by atoms with van der Waals surface area (Å²) in [5, 5.41) is 1.81. The van der Waals surface area contributed by atoms with Crippen molar-refractivity contribution in [2.45, 2.75) is 33.4 Å². The zero-order valence-electron chi connectivity index (χ0n) is 21.9. The summed E-state index contributed by atoms with van der Waals surface area (Å²) >= 11 is 18.6. The lowest BCUT2D eigenvalue weighted by Crippen LogP contribution is -2.69. The number of halogens is 3. The van der Waals surface area contributed by atoms with Crippen molar-refractivity contribution in [2.24, 2.45) is 0 Å². The zero-order valence-corrected chi connectivity index (χ0v) is 26.6. The molecule has 0 radical (unpaired) electrons. The number of hydrogen-bond donors (Lipinski definition) is 1. The van der Waals surface area contributed by atoms with Crippen LogP contribution in [0.5, 0.6) is 5.75 Å². The first kappa shape index (κ1) is 32.2. The monoisotopic (exact) mass is 689 g/mol. The maximum absolute atomic E-state index is 13.4. The maximum atomic E-state index is 13.4. The number of esters is 2. The lowest BCUT2D eigenvalue weighted by molar-refractivity contribution is -0.153. The van der Waals surface area contributed by atoms with Crippen LogP contribution in [0.2, 0.25) is 0 Å². The van der Waals surface area contributed by atoms with E-state index in [9.17, 15) is 19.2 Å². The van der Waals surface area contributed by atoms with Gasteiger partial charge in [-0.3, -0.25) is 19.3 Å². The van der Waals surface area contributed by atoms with E-state index in [1.165, 1.54) is 39.8 Å². The third-order valence-electron chi connectivity index (χ3n) is 5.40. The van der Waals surface area contributed by atoms with E-state index in [-0.39, 0.29) is 18.1 Å². The molecule has 2 amide bonds. The van der Waals surface area contributed by atoms with Gasteiger partial charge in [-0.25, -0.2) is 9.78 Å². The van der Waals surface area contributed by atoms with Crippen LogP contribution in [0.4, 0.5) is 0 Å². The number of ether oxygens (including phenoxy) is 3. The number of allylic oxidation sites excluding steroid dienone is 1. The second-order valence-electron chi connectivity index (χ2n) is 8.56. The molecule has 0 aliphatic carbocycles. The molecule has 16 heteroatoms. The Hall–Kier alpha value is -2.68. The summed E-state index contributed by atoms with van der Waals surface area (Å²) in [7, 11) is 2.42. The number of hydrogen-bond acceptors (Lipinski definition) is 11. The molecule has 4 rings (SSSR count). The molecule has 2 aromatic carbocycles. The maximum Gasteiger partial charge on any atom is 0.358 e. The minimum Gasteiger partial charge on any atom is -0.484 e. The van der Waals surface area contributed by atoms with Crippen LogP contribution in [0.15, 0.2) is 70.4 Å². The van der Waals surface area contributed by atoms with Gasteiger partial charge in [0.1, 0.15) is 29.5 Å². The van der Waals surface area contributed by atoms with Crippen molar-refractivity contribution < 1.29 is 33.4 Å². The molecule has 1 fully saturated rings. The van der Waals surface area contributed by atoms with Crippen molar-refractivity contribution in [1.82, 2.24) is 15.2 Å². The van der Waals surface area contributed by atoms with Crippen molar-refractivity contribution in [2.75, 3.05) is 13.2 Å². The van der Waals surface area contributed by atoms with Gasteiger partial charge in [0.2, 0.25) is 3.79 Å². The Morgan fingerprint density at radius 1 is 1.07 bits per heavy atom. The molecule has 0 spiro atoms. The SMILES string of the molecule is CC(=O)O/C(C)=C(/C(=O)OCC(Cl)(Cl)Cl)N1C(=O)C(NC(=O)COc2ccccc2)C1SSc1nc2ccccc2s1. The number of fused-ring (bicyclic) bond motifs is 1. The van der Waals surface area contributed by atoms with E-state index in [0.29, 0.717) is 10.1 Å². The second kappa shape index (κ2) is 14.2. The van der Waals surface area contributed by atoms with Gasteiger partial charge in [0, 0.05) is 6.92 Å². The van der Waals surface area contributed by atoms with Gasteiger partial charge in [0.15, 0.2) is 16.6 Å². The lowest BCUT2D eigenvalue weighted by Gasteiger charge is -2.46. The summed E-state index contributed by atoms with van der Waals surface area (Å²) in [6, 6.07) is 15.2. The smallest absolute Gasteiger partial charge is 0.358 e. The number of likely N-dealkylation sites (tertiary alicyclic amines) is 1. The van der Waals surface area contributed by atoms with Crippen molar-refractivity contribution in [3.05, 3.63) is 66.1 Å².